The van der Waals surface area contributed by atoms with E-state index in [0.29, 0.717) is 23.6 Å². The van der Waals surface area contributed by atoms with Crippen LogP contribution < -0.4 is 15.2 Å². The molecule has 1 heterocycles. The first kappa shape index (κ1) is 20.1. The van der Waals surface area contributed by atoms with Crippen molar-refractivity contribution >= 4 is 5.91 Å². The molecule has 0 N–H and O–H groups in total. The van der Waals surface area contributed by atoms with Crippen LogP contribution in [-0.2, 0) is 17.9 Å². The molecular formula is C20H20FN3O5. The van der Waals surface area contributed by atoms with Gasteiger partial charge in [0.05, 0.1) is 14.2 Å². The predicted octanol–water partition coefficient (Wildman–Crippen LogP) is 2.32. The molecule has 0 aliphatic rings. The Hall–Kier alpha value is -3.62. The summed E-state index contributed by atoms with van der Waals surface area (Å²) in [5.41, 5.74) is 1.27. The highest BCUT2D eigenvalue weighted by atomic mass is 19.1. The zero-order chi connectivity index (χ0) is 21.0. The van der Waals surface area contributed by atoms with Gasteiger partial charge in [0.2, 0.25) is 11.8 Å². The van der Waals surface area contributed by atoms with E-state index in [1.54, 1.807) is 26.3 Å². The number of aromatic nitrogens is 2. The Morgan fingerprint density at radius 1 is 1.14 bits per heavy atom. The van der Waals surface area contributed by atoms with E-state index < -0.39 is 11.6 Å². The summed E-state index contributed by atoms with van der Waals surface area (Å²) in [6, 6.07) is 10.7. The molecule has 0 aliphatic carbocycles. The van der Waals surface area contributed by atoms with Crippen molar-refractivity contribution in [3.05, 3.63) is 64.4 Å². The highest BCUT2D eigenvalue weighted by Crippen LogP contribution is 2.28. The van der Waals surface area contributed by atoms with Gasteiger partial charge in [-0.3, -0.25) is 4.79 Å². The number of halogens is 1. The lowest BCUT2D eigenvalue weighted by molar-refractivity contribution is -0.131. The number of hydrogen-bond donors (Lipinski definition) is 0. The van der Waals surface area contributed by atoms with Crippen molar-refractivity contribution in [3.63, 3.8) is 0 Å². The number of carbonyl (C=O) groups is 1. The summed E-state index contributed by atoms with van der Waals surface area (Å²) < 4.78 is 29.5. The van der Waals surface area contributed by atoms with Gasteiger partial charge in [0.15, 0.2) is 11.5 Å². The Balaban J connectivity index is 1.70. The number of methoxy groups -OCH3 is 2. The molecule has 3 aromatic rings. The maximum atomic E-state index is 13.0. The van der Waals surface area contributed by atoms with Crippen molar-refractivity contribution in [2.45, 2.75) is 13.1 Å². The maximum Gasteiger partial charge on any atom is 0.437 e. The number of hydrogen-bond acceptors (Lipinski definition) is 6. The van der Waals surface area contributed by atoms with Gasteiger partial charge in [0.1, 0.15) is 12.4 Å². The summed E-state index contributed by atoms with van der Waals surface area (Å²) in [5, 5.41) is 4.02. The van der Waals surface area contributed by atoms with Gasteiger partial charge >= 0.3 is 5.76 Å². The highest BCUT2D eigenvalue weighted by molar-refractivity contribution is 5.75. The Morgan fingerprint density at radius 2 is 1.83 bits per heavy atom. The second-order valence-corrected chi connectivity index (χ2v) is 6.28. The van der Waals surface area contributed by atoms with Crippen molar-refractivity contribution in [2.24, 2.45) is 0 Å². The minimum Gasteiger partial charge on any atom is -0.493 e. The number of carbonyl (C=O) groups excluding carboxylic acids is 1. The molecule has 8 nitrogen and oxygen atoms in total. The molecule has 152 valence electrons. The van der Waals surface area contributed by atoms with E-state index in [0.717, 1.165) is 10.2 Å². The van der Waals surface area contributed by atoms with Crippen LogP contribution in [0, 0.1) is 5.82 Å². The molecule has 0 unspecified atom stereocenters. The van der Waals surface area contributed by atoms with Crippen LogP contribution in [0.15, 0.2) is 51.7 Å². The SMILES string of the molecule is COc1ccc(CN(C)C(=O)Cn2nc(-c3ccc(F)cc3)oc2=O)cc1OC. The first-order chi connectivity index (χ1) is 13.9. The smallest absolute Gasteiger partial charge is 0.437 e. The monoisotopic (exact) mass is 401 g/mol. The van der Waals surface area contributed by atoms with Crippen LogP contribution in [0.25, 0.3) is 11.5 Å². The van der Waals surface area contributed by atoms with Crippen LogP contribution in [0.5, 0.6) is 11.5 Å². The number of likely N-dealkylation sites (N-methyl/N-ethyl adjacent to an activating group) is 1. The van der Waals surface area contributed by atoms with Crippen molar-refractivity contribution < 1.29 is 23.1 Å². The Kier molecular flexibility index (Phi) is 5.96. The van der Waals surface area contributed by atoms with Gasteiger partial charge in [-0.25, -0.2) is 9.18 Å². The van der Waals surface area contributed by atoms with Crippen LogP contribution >= 0.6 is 0 Å². The molecular weight excluding hydrogens is 381 g/mol. The van der Waals surface area contributed by atoms with Gasteiger partial charge in [0.25, 0.3) is 0 Å². The lowest BCUT2D eigenvalue weighted by Gasteiger charge is -2.18. The van der Waals surface area contributed by atoms with E-state index >= 15 is 0 Å². The van der Waals surface area contributed by atoms with E-state index in [9.17, 15) is 14.0 Å². The van der Waals surface area contributed by atoms with Crippen LogP contribution in [0.2, 0.25) is 0 Å². The Morgan fingerprint density at radius 3 is 2.48 bits per heavy atom. The summed E-state index contributed by atoms with van der Waals surface area (Å²) in [7, 11) is 4.69. The fourth-order valence-electron chi connectivity index (χ4n) is 2.71. The molecule has 0 atom stereocenters. The van der Waals surface area contributed by atoms with Crippen LogP contribution in [-0.4, -0.2) is 41.9 Å². The van der Waals surface area contributed by atoms with Crippen molar-refractivity contribution in [3.8, 4) is 23.0 Å². The standard InChI is InChI=1S/C20H20FN3O5/c1-23(11-13-4-9-16(27-2)17(10-13)28-3)18(25)12-24-20(26)29-19(22-24)14-5-7-15(21)8-6-14/h4-10H,11-12H2,1-3H3. The number of rotatable bonds is 7. The Labute approximate surface area is 166 Å². The van der Waals surface area contributed by atoms with E-state index in [1.165, 1.54) is 36.3 Å². The van der Waals surface area contributed by atoms with Crippen molar-refractivity contribution in [2.75, 3.05) is 21.3 Å². The van der Waals surface area contributed by atoms with Crippen LogP contribution in [0.4, 0.5) is 4.39 Å². The third-order valence-corrected chi connectivity index (χ3v) is 4.28. The third-order valence-electron chi connectivity index (χ3n) is 4.28. The third kappa shape index (κ3) is 4.63. The fourth-order valence-corrected chi connectivity index (χ4v) is 2.71. The normalized spacial score (nSPS) is 10.6. The first-order valence-corrected chi connectivity index (χ1v) is 8.70. The Bertz CT molecular complexity index is 1060. The molecule has 9 heteroatoms. The van der Waals surface area contributed by atoms with Crippen molar-refractivity contribution in [1.29, 1.82) is 0 Å². The number of nitrogens with zero attached hydrogens (tertiary/aromatic N) is 3. The molecule has 1 amide bonds. The minimum absolute atomic E-state index is 0.0188. The summed E-state index contributed by atoms with van der Waals surface area (Å²) in [4.78, 5) is 26.0. The van der Waals surface area contributed by atoms with E-state index in [1.807, 2.05) is 6.07 Å². The van der Waals surface area contributed by atoms with Gasteiger partial charge in [-0.1, -0.05) is 6.07 Å². The average Bonchev–Trinajstić information content (AvgIpc) is 3.08. The molecule has 0 saturated carbocycles. The largest absolute Gasteiger partial charge is 0.493 e. The van der Waals surface area contributed by atoms with Crippen molar-refractivity contribution in [1.82, 2.24) is 14.7 Å². The fraction of sp³-hybridized carbons (Fsp3) is 0.250. The van der Waals surface area contributed by atoms with Gasteiger partial charge < -0.3 is 18.8 Å². The number of benzene rings is 2. The number of amides is 1. The molecule has 0 radical (unpaired) electrons. The van der Waals surface area contributed by atoms with E-state index in [4.69, 9.17) is 13.9 Å². The average molecular weight is 401 g/mol. The predicted molar refractivity (Wildman–Crippen MR) is 102 cm³/mol. The number of ether oxygens (including phenoxy) is 2. The molecule has 2 aromatic carbocycles. The lowest BCUT2D eigenvalue weighted by Crippen LogP contribution is -2.33. The molecule has 3 rings (SSSR count). The summed E-state index contributed by atoms with van der Waals surface area (Å²) in [6.45, 7) is 0.0178. The van der Waals surface area contributed by atoms with E-state index in [-0.39, 0.29) is 18.3 Å². The first-order valence-electron chi connectivity index (χ1n) is 8.70. The maximum absolute atomic E-state index is 13.0. The molecule has 0 aliphatic heterocycles. The lowest BCUT2D eigenvalue weighted by atomic mass is 10.2. The minimum atomic E-state index is -0.766. The second kappa shape index (κ2) is 8.59. The van der Waals surface area contributed by atoms with Crippen LogP contribution in [0.1, 0.15) is 5.56 Å². The van der Waals surface area contributed by atoms with Gasteiger partial charge in [-0.05, 0) is 42.0 Å². The van der Waals surface area contributed by atoms with Gasteiger partial charge in [-0.15, -0.1) is 5.10 Å². The van der Waals surface area contributed by atoms with Gasteiger partial charge in [-0.2, -0.15) is 4.68 Å². The molecule has 29 heavy (non-hydrogen) atoms. The second-order valence-electron chi connectivity index (χ2n) is 6.28. The quantitative estimate of drug-likeness (QED) is 0.604. The molecule has 0 saturated heterocycles. The summed E-state index contributed by atoms with van der Waals surface area (Å²) >= 11 is 0. The van der Waals surface area contributed by atoms with Crippen LogP contribution in [0.3, 0.4) is 0 Å². The van der Waals surface area contributed by atoms with Gasteiger partial charge in [0, 0.05) is 19.2 Å². The van der Waals surface area contributed by atoms with E-state index in [2.05, 4.69) is 5.10 Å². The zero-order valence-corrected chi connectivity index (χ0v) is 16.2. The summed E-state index contributed by atoms with van der Waals surface area (Å²) in [5.74, 6) is -0.346. The topological polar surface area (TPSA) is 86.8 Å². The summed E-state index contributed by atoms with van der Waals surface area (Å²) in [6.07, 6.45) is 0. The molecule has 0 bridgehead atoms. The molecule has 0 fully saturated rings. The highest BCUT2D eigenvalue weighted by Gasteiger charge is 2.17. The molecule has 1 aromatic heterocycles. The zero-order valence-electron chi connectivity index (χ0n) is 16.2. The molecule has 0 spiro atoms.